The monoisotopic (exact) mass is 225 g/mol. The predicted molar refractivity (Wildman–Crippen MR) is 60.8 cm³/mol. The number of nitrogens with two attached hydrogens (primary N) is 1. The van der Waals surface area contributed by atoms with E-state index in [1.54, 1.807) is 0 Å². The van der Waals surface area contributed by atoms with Crippen molar-refractivity contribution in [3.8, 4) is 0 Å². The van der Waals surface area contributed by atoms with E-state index in [0.29, 0.717) is 6.54 Å². The van der Waals surface area contributed by atoms with Gasteiger partial charge in [0.25, 0.3) is 5.23 Å². The summed E-state index contributed by atoms with van der Waals surface area (Å²) in [7, 11) is 0. The number of hydrogen-bond donors (Lipinski definition) is 3. The highest BCUT2D eigenvalue weighted by Crippen LogP contribution is 2.05. The van der Waals surface area contributed by atoms with Gasteiger partial charge in [-0.3, -0.25) is 10.4 Å². The van der Waals surface area contributed by atoms with Gasteiger partial charge in [-0.25, -0.2) is 5.26 Å². The molecule has 0 fully saturated rings. The molecule has 0 radical (unpaired) electrons. The highest BCUT2D eigenvalue weighted by Gasteiger charge is 2.01. The molecular formula is C9H11N3O2S. The van der Waals surface area contributed by atoms with Crippen LogP contribution in [-0.2, 0) is 11.4 Å². The summed E-state index contributed by atoms with van der Waals surface area (Å²) in [5.74, 6) is 0. The van der Waals surface area contributed by atoms with Crippen LogP contribution in [0.2, 0.25) is 0 Å². The van der Waals surface area contributed by atoms with E-state index in [2.05, 4.69) is 9.88 Å². The van der Waals surface area contributed by atoms with E-state index in [1.165, 1.54) is 0 Å². The Morgan fingerprint density at radius 1 is 1.47 bits per heavy atom. The minimum Gasteiger partial charge on any atom is -0.378 e. The number of nitrogens with zero attached hydrogens (tertiary/aromatic N) is 1. The first kappa shape index (κ1) is 11.5. The fourth-order valence-corrected chi connectivity index (χ4v) is 1.25. The summed E-state index contributed by atoms with van der Waals surface area (Å²) < 4.78 is 0. The summed E-state index contributed by atoms with van der Waals surface area (Å²) in [6.45, 7) is 0.443. The summed E-state index contributed by atoms with van der Waals surface area (Å²) in [5.41, 5.74) is 6.50. The van der Waals surface area contributed by atoms with Gasteiger partial charge >= 0.3 is 0 Å². The molecule has 0 atom stereocenters. The van der Waals surface area contributed by atoms with Gasteiger partial charge in [0, 0.05) is 11.8 Å². The first-order valence-corrected chi connectivity index (χ1v) is 4.95. The van der Waals surface area contributed by atoms with Crippen LogP contribution in [0.15, 0.2) is 35.3 Å². The Bertz CT molecular complexity index is 354. The Morgan fingerprint density at radius 2 is 2.13 bits per heavy atom. The molecule has 6 heteroatoms. The zero-order valence-corrected chi connectivity index (χ0v) is 8.70. The first-order chi connectivity index (χ1) is 7.22. The van der Waals surface area contributed by atoms with Crippen molar-refractivity contribution >= 4 is 22.2 Å². The molecule has 1 aromatic carbocycles. The van der Waals surface area contributed by atoms with Crippen molar-refractivity contribution in [2.24, 2.45) is 10.7 Å². The molecule has 0 aliphatic carbocycles. The number of hydrogen-bond acceptors (Lipinski definition) is 5. The lowest BCUT2D eigenvalue weighted by Gasteiger charge is -1.99. The van der Waals surface area contributed by atoms with Crippen LogP contribution < -0.4 is 5.73 Å². The lowest BCUT2D eigenvalue weighted by molar-refractivity contribution is -0.151. The molecule has 15 heavy (non-hydrogen) atoms. The fourth-order valence-electron chi connectivity index (χ4n) is 0.899. The zero-order valence-electron chi connectivity index (χ0n) is 7.88. The van der Waals surface area contributed by atoms with Crippen LogP contribution in [0.25, 0.3) is 0 Å². The van der Waals surface area contributed by atoms with Gasteiger partial charge in [-0.1, -0.05) is 30.3 Å². The van der Waals surface area contributed by atoms with Crippen LogP contribution in [0.3, 0.4) is 0 Å². The Morgan fingerprint density at radius 3 is 2.73 bits per heavy atom. The standard InChI is InChI=1S/C9H11N3O2S/c10-8(15-9(11)14-13)12-6-7-4-2-1-3-5-7/h1-5,11,13H,6H2,(H2,10,12). The molecule has 0 aliphatic heterocycles. The second kappa shape index (κ2) is 6.05. The number of amidine groups is 1. The van der Waals surface area contributed by atoms with E-state index < -0.39 is 5.23 Å². The molecule has 0 saturated carbocycles. The molecule has 0 saturated heterocycles. The molecule has 4 N–H and O–H groups in total. The number of benzene rings is 1. The summed E-state index contributed by atoms with van der Waals surface area (Å²) in [6.07, 6.45) is 0. The summed E-state index contributed by atoms with van der Waals surface area (Å²) in [4.78, 5) is 7.67. The fraction of sp³-hybridized carbons (Fsp3) is 0.111. The van der Waals surface area contributed by atoms with Gasteiger partial charge in [-0.05, 0) is 5.56 Å². The third-order valence-corrected chi connectivity index (χ3v) is 2.14. The molecule has 0 aromatic heterocycles. The highest BCUT2D eigenvalue weighted by atomic mass is 32.2. The molecule has 1 rings (SSSR count). The van der Waals surface area contributed by atoms with Gasteiger partial charge in [0.2, 0.25) is 0 Å². The number of rotatable bonds is 2. The van der Waals surface area contributed by atoms with Gasteiger partial charge in [-0.15, -0.1) is 0 Å². The maximum atomic E-state index is 8.11. The molecule has 0 spiro atoms. The van der Waals surface area contributed by atoms with Crippen molar-refractivity contribution in [3.63, 3.8) is 0 Å². The largest absolute Gasteiger partial charge is 0.378 e. The summed E-state index contributed by atoms with van der Waals surface area (Å²) >= 11 is 0.758. The van der Waals surface area contributed by atoms with Crippen molar-refractivity contribution in [1.29, 1.82) is 5.41 Å². The van der Waals surface area contributed by atoms with Crippen molar-refractivity contribution < 1.29 is 10.1 Å². The summed E-state index contributed by atoms with van der Waals surface area (Å²) in [5, 5.41) is 14.9. The molecule has 0 heterocycles. The van der Waals surface area contributed by atoms with E-state index in [9.17, 15) is 0 Å². The van der Waals surface area contributed by atoms with Crippen molar-refractivity contribution in [1.82, 2.24) is 0 Å². The smallest absolute Gasteiger partial charge is 0.291 e. The van der Waals surface area contributed by atoms with Crippen LogP contribution in [0.4, 0.5) is 0 Å². The Balaban J connectivity index is 2.47. The van der Waals surface area contributed by atoms with Gasteiger partial charge in [-0.2, -0.15) is 0 Å². The van der Waals surface area contributed by atoms with Crippen molar-refractivity contribution in [2.75, 3.05) is 0 Å². The van der Waals surface area contributed by atoms with Crippen LogP contribution in [0.5, 0.6) is 0 Å². The van der Waals surface area contributed by atoms with E-state index in [-0.39, 0.29) is 5.17 Å². The lowest BCUT2D eigenvalue weighted by atomic mass is 10.2. The summed E-state index contributed by atoms with van der Waals surface area (Å²) in [6, 6.07) is 9.59. The van der Waals surface area contributed by atoms with Gasteiger partial charge in [0.1, 0.15) is 0 Å². The normalized spacial score (nSPS) is 11.1. The second-order valence-electron chi connectivity index (χ2n) is 2.62. The lowest BCUT2D eigenvalue weighted by Crippen LogP contribution is -2.11. The van der Waals surface area contributed by atoms with Gasteiger partial charge in [0.05, 0.1) is 6.54 Å². The maximum absolute atomic E-state index is 8.11. The van der Waals surface area contributed by atoms with Crippen molar-refractivity contribution in [3.05, 3.63) is 35.9 Å². The minimum atomic E-state index is -0.399. The van der Waals surface area contributed by atoms with Crippen LogP contribution in [0, 0.1) is 5.41 Å². The Kier molecular flexibility index (Phi) is 4.65. The zero-order chi connectivity index (χ0) is 11.1. The molecule has 80 valence electrons. The van der Waals surface area contributed by atoms with Crippen LogP contribution in [-0.4, -0.2) is 15.7 Å². The quantitative estimate of drug-likeness (QED) is 0.309. The molecule has 1 aromatic rings. The third kappa shape index (κ3) is 4.48. The molecule has 0 bridgehead atoms. The molecule has 0 aliphatic rings. The molecule has 0 unspecified atom stereocenters. The predicted octanol–water partition coefficient (Wildman–Crippen LogP) is 1.66. The Labute approximate surface area is 91.4 Å². The average Bonchev–Trinajstić information content (AvgIpc) is 2.27. The van der Waals surface area contributed by atoms with E-state index in [0.717, 1.165) is 17.3 Å². The average molecular weight is 225 g/mol. The number of nitrogens with one attached hydrogen (secondary N) is 1. The SMILES string of the molecule is N=C(OO)SC(N)=NCc1ccccc1. The topological polar surface area (TPSA) is 91.7 Å². The molecule has 0 amide bonds. The third-order valence-electron chi connectivity index (χ3n) is 1.54. The van der Waals surface area contributed by atoms with Crippen LogP contribution >= 0.6 is 11.8 Å². The van der Waals surface area contributed by atoms with E-state index in [4.69, 9.17) is 16.4 Å². The number of thioether (sulfide) groups is 1. The molecular weight excluding hydrogens is 214 g/mol. The van der Waals surface area contributed by atoms with E-state index in [1.807, 2.05) is 30.3 Å². The Hall–Kier alpha value is -1.53. The highest BCUT2D eigenvalue weighted by molar-refractivity contribution is 8.26. The van der Waals surface area contributed by atoms with Crippen LogP contribution in [0.1, 0.15) is 5.56 Å². The van der Waals surface area contributed by atoms with Gasteiger partial charge in [0.15, 0.2) is 5.17 Å². The first-order valence-electron chi connectivity index (χ1n) is 4.14. The molecule has 5 nitrogen and oxygen atoms in total. The van der Waals surface area contributed by atoms with Crippen molar-refractivity contribution in [2.45, 2.75) is 6.54 Å². The maximum Gasteiger partial charge on any atom is 0.291 e. The number of aliphatic imine (C=N–C) groups is 1. The second-order valence-corrected chi connectivity index (χ2v) is 3.61. The minimum absolute atomic E-state index is 0.179. The van der Waals surface area contributed by atoms with Gasteiger partial charge < -0.3 is 10.6 Å². The van der Waals surface area contributed by atoms with E-state index >= 15 is 0 Å².